The van der Waals surface area contributed by atoms with Crippen LogP contribution in [0.3, 0.4) is 0 Å². The lowest BCUT2D eigenvalue weighted by molar-refractivity contribution is -0.132. The van der Waals surface area contributed by atoms with Gasteiger partial charge in [0.05, 0.1) is 0 Å². The van der Waals surface area contributed by atoms with Crippen molar-refractivity contribution in [1.82, 2.24) is 0 Å². The van der Waals surface area contributed by atoms with Crippen LogP contribution in [0.5, 0.6) is 0 Å². The van der Waals surface area contributed by atoms with Crippen molar-refractivity contribution in [2.75, 3.05) is 0 Å². The molecule has 0 radical (unpaired) electrons. The fourth-order valence-corrected chi connectivity index (χ4v) is 2.89. The van der Waals surface area contributed by atoms with Crippen molar-refractivity contribution < 1.29 is 9.90 Å². The van der Waals surface area contributed by atoms with Crippen LogP contribution in [-0.2, 0) is 4.79 Å². The molecule has 0 amide bonds. The molecule has 0 saturated heterocycles. The van der Waals surface area contributed by atoms with Gasteiger partial charge in [0.1, 0.15) is 0 Å². The van der Waals surface area contributed by atoms with Crippen LogP contribution < -0.4 is 0 Å². The lowest BCUT2D eigenvalue weighted by Gasteiger charge is -2.26. The summed E-state index contributed by atoms with van der Waals surface area (Å²) < 4.78 is 0. The van der Waals surface area contributed by atoms with Gasteiger partial charge in [0.2, 0.25) is 0 Å². The van der Waals surface area contributed by atoms with Gasteiger partial charge in [-0.2, -0.15) is 0 Å². The van der Waals surface area contributed by atoms with Gasteiger partial charge in [-0.25, -0.2) is 4.79 Å². The van der Waals surface area contributed by atoms with E-state index >= 15 is 0 Å². The van der Waals surface area contributed by atoms with Gasteiger partial charge in [0.15, 0.2) is 0 Å². The predicted molar refractivity (Wildman–Crippen MR) is 110 cm³/mol. The molecule has 0 spiro atoms. The van der Waals surface area contributed by atoms with Crippen molar-refractivity contribution in [3.63, 3.8) is 0 Å². The second kappa shape index (κ2) is 8.48. The van der Waals surface area contributed by atoms with Gasteiger partial charge in [0, 0.05) is 5.57 Å². The maximum absolute atomic E-state index is 11.4. The fraction of sp³-hybridized carbons (Fsp3) is 0.208. The van der Waals surface area contributed by atoms with Crippen molar-refractivity contribution in [1.29, 1.82) is 0 Å². The van der Waals surface area contributed by atoms with Crippen molar-refractivity contribution in [2.45, 2.75) is 27.7 Å². The van der Waals surface area contributed by atoms with E-state index in [1.807, 2.05) is 60.7 Å². The first-order valence-electron chi connectivity index (χ1n) is 8.74. The molecule has 0 aromatic heterocycles. The number of carboxylic acids is 1. The normalized spacial score (nSPS) is 13.6. The Morgan fingerprint density at radius 2 is 1.46 bits per heavy atom. The minimum atomic E-state index is -0.906. The molecule has 0 aliphatic rings. The molecule has 26 heavy (non-hydrogen) atoms. The van der Waals surface area contributed by atoms with Crippen molar-refractivity contribution >= 4 is 17.6 Å². The quantitative estimate of drug-likeness (QED) is 0.514. The minimum Gasteiger partial charge on any atom is -0.478 e. The second-order valence-corrected chi connectivity index (χ2v) is 7.32. The number of hydrogen-bond acceptors (Lipinski definition) is 1. The molecule has 2 aromatic carbocycles. The van der Waals surface area contributed by atoms with E-state index in [1.165, 1.54) is 0 Å². The van der Waals surface area contributed by atoms with Gasteiger partial charge in [-0.1, -0.05) is 93.6 Å². The SMILES string of the molecule is CC(=CC(C=Cc1ccccc1)=C(c1ccccc1)C(C)(C)C)C(=O)O. The molecule has 0 fully saturated rings. The van der Waals surface area contributed by atoms with Crippen molar-refractivity contribution in [3.05, 3.63) is 95.1 Å². The molecule has 0 bridgehead atoms. The van der Waals surface area contributed by atoms with E-state index in [0.717, 1.165) is 22.3 Å². The maximum Gasteiger partial charge on any atom is 0.331 e. The van der Waals surface area contributed by atoms with E-state index in [4.69, 9.17) is 0 Å². The largest absolute Gasteiger partial charge is 0.478 e. The number of benzene rings is 2. The monoisotopic (exact) mass is 346 g/mol. The smallest absolute Gasteiger partial charge is 0.331 e. The molecule has 2 heteroatoms. The molecule has 2 rings (SSSR count). The lowest BCUT2D eigenvalue weighted by atomic mass is 9.78. The molecule has 0 atom stereocenters. The van der Waals surface area contributed by atoms with Gasteiger partial charge in [-0.3, -0.25) is 0 Å². The van der Waals surface area contributed by atoms with Crippen LogP contribution in [0.15, 0.2) is 84.0 Å². The fourth-order valence-electron chi connectivity index (χ4n) is 2.89. The second-order valence-electron chi connectivity index (χ2n) is 7.32. The third kappa shape index (κ3) is 5.32. The zero-order valence-electron chi connectivity index (χ0n) is 15.9. The van der Waals surface area contributed by atoms with Crippen LogP contribution in [0.4, 0.5) is 0 Å². The number of hydrogen-bond donors (Lipinski definition) is 1. The predicted octanol–water partition coefficient (Wildman–Crippen LogP) is 6.23. The summed E-state index contributed by atoms with van der Waals surface area (Å²) in [7, 11) is 0. The average Bonchev–Trinajstić information content (AvgIpc) is 2.60. The molecule has 1 N–H and O–H groups in total. The van der Waals surface area contributed by atoms with E-state index in [-0.39, 0.29) is 5.41 Å². The van der Waals surface area contributed by atoms with Crippen LogP contribution in [-0.4, -0.2) is 11.1 Å². The molecule has 2 aromatic rings. The summed E-state index contributed by atoms with van der Waals surface area (Å²) in [6.45, 7) is 8.07. The standard InChI is InChI=1S/C24H26O2/c1-18(23(25)26)17-21(16-15-19-11-7-5-8-12-19)22(24(2,3)4)20-13-9-6-10-14-20/h5-17H,1-4H3,(H,25,26). The Balaban J connectivity index is 2.69. The molecule has 0 unspecified atom stereocenters. The minimum absolute atomic E-state index is 0.146. The summed E-state index contributed by atoms with van der Waals surface area (Å²) >= 11 is 0. The van der Waals surface area contributed by atoms with Crippen LogP contribution in [0.1, 0.15) is 38.8 Å². The van der Waals surface area contributed by atoms with E-state index in [2.05, 4.69) is 32.9 Å². The van der Waals surface area contributed by atoms with Gasteiger partial charge in [0.25, 0.3) is 0 Å². The lowest BCUT2D eigenvalue weighted by Crippen LogP contribution is -2.11. The highest BCUT2D eigenvalue weighted by atomic mass is 16.4. The van der Waals surface area contributed by atoms with E-state index in [0.29, 0.717) is 5.57 Å². The number of aliphatic carboxylic acids is 1. The van der Waals surface area contributed by atoms with Gasteiger partial charge >= 0.3 is 5.97 Å². The molecular weight excluding hydrogens is 320 g/mol. The zero-order valence-corrected chi connectivity index (χ0v) is 15.9. The summed E-state index contributed by atoms with van der Waals surface area (Å²) in [4.78, 5) is 11.4. The molecule has 0 heterocycles. The van der Waals surface area contributed by atoms with Crippen LogP contribution >= 0.6 is 0 Å². The van der Waals surface area contributed by atoms with Crippen molar-refractivity contribution in [2.24, 2.45) is 5.41 Å². The number of carboxylic acid groups (broad SMARTS) is 1. The Kier molecular flexibility index (Phi) is 6.35. The third-order valence-electron chi connectivity index (χ3n) is 4.07. The van der Waals surface area contributed by atoms with Crippen LogP contribution in [0.25, 0.3) is 11.6 Å². The summed E-state index contributed by atoms with van der Waals surface area (Å²) in [5.41, 5.74) is 4.37. The van der Waals surface area contributed by atoms with Gasteiger partial charge < -0.3 is 5.11 Å². The first-order valence-corrected chi connectivity index (χ1v) is 8.74. The Bertz CT molecular complexity index is 833. The topological polar surface area (TPSA) is 37.3 Å². The van der Waals surface area contributed by atoms with Crippen LogP contribution in [0.2, 0.25) is 0 Å². The Labute approximate surface area is 156 Å². The number of rotatable bonds is 5. The van der Waals surface area contributed by atoms with E-state index < -0.39 is 5.97 Å². The highest BCUT2D eigenvalue weighted by Crippen LogP contribution is 2.38. The van der Waals surface area contributed by atoms with E-state index in [9.17, 15) is 9.90 Å². The molecule has 2 nitrogen and oxygen atoms in total. The summed E-state index contributed by atoms with van der Waals surface area (Å²) in [6, 6.07) is 20.2. The Hall–Kier alpha value is -2.87. The molecule has 0 aliphatic heterocycles. The molecule has 0 aliphatic carbocycles. The highest BCUT2D eigenvalue weighted by molar-refractivity contribution is 5.88. The molecular formula is C24H26O2. The van der Waals surface area contributed by atoms with E-state index in [1.54, 1.807) is 13.0 Å². The third-order valence-corrected chi connectivity index (χ3v) is 4.07. The summed E-state index contributed by atoms with van der Waals surface area (Å²) in [6.07, 6.45) is 5.79. The van der Waals surface area contributed by atoms with Gasteiger partial charge in [-0.15, -0.1) is 0 Å². The Morgan fingerprint density at radius 3 is 1.96 bits per heavy atom. The first kappa shape index (κ1) is 19.5. The van der Waals surface area contributed by atoms with Crippen molar-refractivity contribution in [3.8, 4) is 0 Å². The maximum atomic E-state index is 11.4. The first-order chi connectivity index (χ1) is 12.3. The molecule has 134 valence electrons. The molecule has 0 saturated carbocycles. The highest BCUT2D eigenvalue weighted by Gasteiger charge is 2.21. The van der Waals surface area contributed by atoms with Gasteiger partial charge in [-0.05, 0) is 40.7 Å². The number of allylic oxidation sites excluding steroid dienone is 4. The number of carbonyl (C=O) groups is 1. The average molecular weight is 346 g/mol. The summed E-state index contributed by atoms with van der Waals surface area (Å²) in [5, 5.41) is 9.36. The summed E-state index contributed by atoms with van der Waals surface area (Å²) in [5.74, 6) is -0.906. The zero-order chi connectivity index (χ0) is 19.2. The Morgan fingerprint density at radius 1 is 0.923 bits per heavy atom. The van der Waals surface area contributed by atoms with Crippen LogP contribution in [0, 0.1) is 5.41 Å².